The molecule has 2 aromatic rings. The Morgan fingerprint density at radius 2 is 2.09 bits per heavy atom. The average Bonchev–Trinajstić information content (AvgIpc) is 2.90. The first-order chi connectivity index (χ1) is 11.0. The fourth-order valence-electron chi connectivity index (χ4n) is 2.30. The van der Waals surface area contributed by atoms with Gasteiger partial charge in [-0.2, -0.15) is 0 Å². The number of carbonyl (C=O) groups excluding carboxylic acids is 2. The van der Waals surface area contributed by atoms with Gasteiger partial charge in [0, 0.05) is 24.3 Å². The van der Waals surface area contributed by atoms with Crippen molar-refractivity contribution in [1.29, 1.82) is 0 Å². The van der Waals surface area contributed by atoms with Gasteiger partial charge in [-0.25, -0.2) is 9.18 Å². The van der Waals surface area contributed by atoms with Crippen LogP contribution in [0.1, 0.15) is 21.5 Å². The molecule has 118 valence electrons. The predicted octanol–water partition coefficient (Wildman–Crippen LogP) is 3.04. The molecule has 0 saturated carbocycles. The van der Waals surface area contributed by atoms with Crippen molar-refractivity contribution in [2.24, 2.45) is 0 Å². The van der Waals surface area contributed by atoms with Crippen LogP contribution in [0.4, 0.5) is 14.9 Å². The summed E-state index contributed by atoms with van der Waals surface area (Å²) in [6.07, 6.45) is 0. The maximum atomic E-state index is 13.1. The molecule has 3 N–H and O–H groups in total. The first-order valence-corrected chi connectivity index (χ1v) is 7.30. The van der Waals surface area contributed by atoms with E-state index >= 15 is 0 Å². The lowest BCUT2D eigenvalue weighted by molar-refractivity contribution is 0.0965. The van der Waals surface area contributed by atoms with Gasteiger partial charge in [-0.05, 0) is 35.4 Å². The number of hydrogen-bond donors (Lipinski definition) is 3. The van der Waals surface area contributed by atoms with Gasteiger partial charge in [0.15, 0.2) is 0 Å². The van der Waals surface area contributed by atoms with Gasteiger partial charge < -0.3 is 16.0 Å². The van der Waals surface area contributed by atoms with Crippen LogP contribution in [0.25, 0.3) is 0 Å². The number of carbonyl (C=O) groups is 2. The molecule has 1 aliphatic rings. The molecule has 0 aliphatic carbocycles. The van der Waals surface area contributed by atoms with E-state index in [1.54, 1.807) is 24.3 Å². The number of urea groups is 1. The van der Waals surface area contributed by atoms with Crippen LogP contribution >= 0.6 is 11.6 Å². The van der Waals surface area contributed by atoms with Crippen molar-refractivity contribution in [3.63, 3.8) is 0 Å². The highest BCUT2D eigenvalue weighted by Gasteiger charge is 2.19. The number of rotatable bonds is 3. The van der Waals surface area contributed by atoms with E-state index in [9.17, 15) is 14.0 Å². The Hall–Kier alpha value is -2.60. The van der Waals surface area contributed by atoms with Crippen molar-refractivity contribution in [2.75, 3.05) is 5.32 Å². The van der Waals surface area contributed by atoms with E-state index in [-0.39, 0.29) is 17.5 Å². The summed E-state index contributed by atoms with van der Waals surface area (Å²) in [6.45, 7) is 0.712. The summed E-state index contributed by atoms with van der Waals surface area (Å²) >= 11 is 5.69. The van der Waals surface area contributed by atoms with Crippen molar-refractivity contribution in [1.82, 2.24) is 10.6 Å². The van der Waals surface area contributed by atoms with Gasteiger partial charge in [0.2, 0.25) is 0 Å². The second-order valence-corrected chi connectivity index (χ2v) is 5.52. The smallest absolute Gasteiger partial charge is 0.319 e. The Kier molecular flexibility index (Phi) is 4.16. The molecule has 7 heteroatoms. The Morgan fingerprint density at radius 1 is 1.26 bits per heavy atom. The zero-order valence-electron chi connectivity index (χ0n) is 12.0. The van der Waals surface area contributed by atoms with E-state index in [2.05, 4.69) is 16.0 Å². The molecule has 1 aliphatic heterocycles. The largest absolute Gasteiger partial charge is 0.348 e. The molecule has 0 radical (unpaired) electrons. The summed E-state index contributed by atoms with van der Waals surface area (Å²) in [7, 11) is 0. The molecule has 0 unspecified atom stereocenters. The number of anilines is 1. The minimum atomic E-state index is -0.503. The molecular weight excluding hydrogens is 321 g/mol. The monoisotopic (exact) mass is 333 g/mol. The highest BCUT2D eigenvalue weighted by atomic mass is 35.5. The zero-order chi connectivity index (χ0) is 16.4. The van der Waals surface area contributed by atoms with E-state index in [4.69, 9.17) is 11.6 Å². The second kappa shape index (κ2) is 6.26. The van der Waals surface area contributed by atoms with Crippen LogP contribution in [0.3, 0.4) is 0 Å². The highest BCUT2D eigenvalue weighted by Crippen LogP contribution is 2.20. The van der Waals surface area contributed by atoms with Crippen molar-refractivity contribution in [2.45, 2.75) is 13.1 Å². The van der Waals surface area contributed by atoms with Crippen LogP contribution < -0.4 is 16.0 Å². The molecular formula is C16H13ClFN3O2. The first-order valence-electron chi connectivity index (χ1n) is 6.93. The van der Waals surface area contributed by atoms with E-state index in [0.717, 1.165) is 5.56 Å². The minimum absolute atomic E-state index is 0.00865. The molecule has 0 saturated heterocycles. The van der Waals surface area contributed by atoms with Crippen LogP contribution in [-0.2, 0) is 13.1 Å². The molecule has 3 rings (SSSR count). The summed E-state index contributed by atoms with van der Waals surface area (Å²) in [5.41, 5.74) is 2.67. The van der Waals surface area contributed by atoms with Crippen LogP contribution in [0.2, 0.25) is 5.02 Å². The quantitative estimate of drug-likeness (QED) is 0.808. The lowest BCUT2D eigenvalue weighted by Gasteiger charge is -2.09. The summed E-state index contributed by atoms with van der Waals surface area (Å²) < 4.78 is 13.1. The second-order valence-electron chi connectivity index (χ2n) is 5.11. The van der Waals surface area contributed by atoms with Gasteiger partial charge in [-0.3, -0.25) is 4.79 Å². The number of fused-ring (bicyclic) bond motifs is 1. The molecule has 0 fully saturated rings. The van der Waals surface area contributed by atoms with Crippen LogP contribution in [0.15, 0.2) is 36.4 Å². The van der Waals surface area contributed by atoms with Crippen molar-refractivity contribution in [3.8, 4) is 0 Å². The maximum absolute atomic E-state index is 13.1. The lowest BCUT2D eigenvalue weighted by Crippen LogP contribution is -2.28. The van der Waals surface area contributed by atoms with Gasteiger partial charge in [0.1, 0.15) is 5.82 Å². The molecule has 0 spiro atoms. The summed E-state index contributed by atoms with van der Waals surface area (Å²) in [5, 5.41) is 8.01. The SMILES string of the molecule is O=C(NCc1ccc(F)c(Cl)c1)Nc1ccc2c(c1)C(=O)NC2. The first kappa shape index (κ1) is 15.3. The topological polar surface area (TPSA) is 70.2 Å². The number of halogens is 2. The van der Waals surface area contributed by atoms with E-state index in [0.29, 0.717) is 23.4 Å². The van der Waals surface area contributed by atoms with Crippen molar-refractivity contribution >= 4 is 29.2 Å². The molecule has 0 atom stereocenters. The van der Waals surface area contributed by atoms with E-state index < -0.39 is 11.8 Å². The minimum Gasteiger partial charge on any atom is -0.348 e. The van der Waals surface area contributed by atoms with Crippen molar-refractivity contribution in [3.05, 3.63) is 63.9 Å². The molecule has 3 amide bonds. The Labute approximate surface area is 136 Å². The fourth-order valence-corrected chi connectivity index (χ4v) is 2.50. The number of hydrogen-bond acceptors (Lipinski definition) is 2. The zero-order valence-corrected chi connectivity index (χ0v) is 12.7. The lowest BCUT2D eigenvalue weighted by atomic mass is 10.1. The summed E-state index contributed by atoms with van der Waals surface area (Å²) in [4.78, 5) is 23.5. The highest BCUT2D eigenvalue weighted by molar-refractivity contribution is 6.30. The molecule has 23 heavy (non-hydrogen) atoms. The normalized spacial score (nSPS) is 12.5. The summed E-state index contributed by atoms with van der Waals surface area (Å²) in [6, 6.07) is 8.97. The van der Waals surface area contributed by atoms with Gasteiger partial charge in [-0.1, -0.05) is 23.7 Å². The predicted molar refractivity (Wildman–Crippen MR) is 84.9 cm³/mol. The standard InChI is InChI=1S/C16H13ClFN3O2/c17-13-5-9(1-4-14(13)18)7-20-16(23)21-11-3-2-10-8-19-15(22)12(10)6-11/h1-6H,7-8H2,(H,19,22)(H2,20,21,23). The number of amides is 3. The third-order valence-corrected chi connectivity index (χ3v) is 3.78. The Bertz CT molecular complexity index is 795. The maximum Gasteiger partial charge on any atom is 0.319 e. The van der Waals surface area contributed by atoms with Crippen LogP contribution in [-0.4, -0.2) is 11.9 Å². The van der Waals surface area contributed by atoms with Crippen molar-refractivity contribution < 1.29 is 14.0 Å². The van der Waals surface area contributed by atoms with Gasteiger partial charge in [0.05, 0.1) is 5.02 Å². The molecule has 0 aromatic heterocycles. The Balaban J connectivity index is 1.60. The molecule has 2 aromatic carbocycles. The molecule has 0 bridgehead atoms. The Morgan fingerprint density at radius 3 is 2.87 bits per heavy atom. The van der Waals surface area contributed by atoms with Gasteiger partial charge in [0.25, 0.3) is 5.91 Å². The van der Waals surface area contributed by atoms with Crippen LogP contribution in [0, 0.1) is 5.82 Å². The molecule has 5 nitrogen and oxygen atoms in total. The van der Waals surface area contributed by atoms with Gasteiger partial charge >= 0.3 is 6.03 Å². The third-order valence-electron chi connectivity index (χ3n) is 3.49. The number of nitrogens with one attached hydrogen (secondary N) is 3. The van der Waals surface area contributed by atoms with E-state index in [1.165, 1.54) is 12.1 Å². The summed E-state index contributed by atoms with van der Waals surface area (Å²) in [5.74, 6) is -0.652. The average molecular weight is 334 g/mol. The molecule has 1 heterocycles. The number of benzene rings is 2. The third kappa shape index (κ3) is 3.43. The van der Waals surface area contributed by atoms with Gasteiger partial charge in [-0.15, -0.1) is 0 Å². The van der Waals surface area contributed by atoms with Crippen LogP contribution in [0.5, 0.6) is 0 Å². The fraction of sp³-hybridized carbons (Fsp3) is 0.125. The van der Waals surface area contributed by atoms with E-state index in [1.807, 2.05) is 0 Å².